The van der Waals surface area contributed by atoms with Crippen LogP contribution in [0.15, 0.2) is 35.1 Å². The highest BCUT2D eigenvalue weighted by Crippen LogP contribution is 2.27. The van der Waals surface area contributed by atoms with Crippen molar-refractivity contribution in [1.29, 1.82) is 0 Å². The minimum atomic E-state index is -0.551. The predicted molar refractivity (Wildman–Crippen MR) is 91.7 cm³/mol. The fourth-order valence-corrected chi connectivity index (χ4v) is 2.32. The van der Waals surface area contributed by atoms with Crippen molar-refractivity contribution in [2.45, 2.75) is 6.92 Å². The first-order valence-electron chi connectivity index (χ1n) is 7.20. The van der Waals surface area contributed by atoms with Crippen LogP contribution in [-0.2, 0) is 11.9 Å². The van der Waals surface area contributed by atoms with E-state index < -0.39 is 5.91 Å². The number of pyridine rings is 1. The van der Waals surface area contributed by atoms with Crippen LogP contribution in [-0.4, -0.2) is 28.8 Å². The van der Waals surface area contributed by atoms with Crippen LogP contribution in [0.2, 0.25) is 5.02 Å². The quantitative estimate of drug-likeness (QED) is 0.544. The molecular formula is C16H18ClN3O4. The molecule has 0 radical (unpaired) electrons. The number of aryl methyl sites for hydroxylation is 1. The van der Waals surface area contributed by atoms with E-state index in [1.165, 1.54) is 23.7 Å². The molecule has 2 rings (SSSR count). The number of aliphatic hydroxyl groups excluding tert-OH is 1. The van der Waals surface area contributed by atoms with Gasteiger partial charge >= 0.3 is 0 Å². The molecule has 8 heteroatoms. The molecule has 0 spiro atoms. The molecule has 0 atom stereocenters. The molecule has 1 amide bonds. The number of hydrogen-bond acceptors (Lipinski definition) is 5. The summed E-state index contributed by atoms with van der Waals surface area (Å²) in [6.45, 7) is 1.65. The predicted octanol–water partition coefficient (Wildman–Crippen LogP) is 1.74. The van der Waals surface area contributed by atoms with Crippen molar-refractivity contribution in [3.63, 3.8) is 0 Å². The average molecular weight is 352 g/mol. The molecule has 0 saturated carbocycles. The van der Waals surface area contributed by atoms with Crippen molar-refractivity contribution in [1.82, 2.24) is 10.0 Å². The van der Waals surface area contributed by atoms with Crippen LogP contribution in [0, 0.1) is 6.92 Å². The molecule has 1 heterocycles. The SMILES string of the molecule is Cc1ccc(Nc2c(C(=O)NOCCO)ccc(=O)n2C)c(Cl)c1. The van der Waals surface area contributed by atoms with E-state index in [4.69, 9.17) is 21.5 Å². The summed E-state index contributed by atoms with van der Waals surface area (Å²) in [6.07, 6.45) is 0. The largest absolute Gasteiger partial charge is 0.394 e. The summed E-state index contributed by atoms with van der Waals surface area (Å²) in [5, 5.41) is 12.2. The number of aliphatic hydroxyl groups is 1. The maximum Gasteiger partial charge on any atom is 0.278 e. The summed E-state index contributed by atoms with van der Waals surface area (Å²) in [5.41, 5.74) is 3.68. The smallest absolute Gasteiger partial charge is 0.278 e. The van der Waals surface area contributed by atoms with Gasteiger partial charge < -0.3 is 10.4 Å². The Hall–Kier alpha value is -2.35. The van der Waals surface area contributed by atoms with Crippen LogP contribution >= 0.6 is 11.6 Å². The first kappa shape index (κ1) is 18.0. The number of hydroxylamine groups is 1. The Kier molecular flexibility index (Phi) is 5.97. The van der Waals surface area contributed by atoms with Crippen LogP contribution in [0.4, 0.5) is 11.5 Å². The van der Waals surface area contributed by atoms with Crippen molar-refractivity contribution in [3.8, 4) is 0 Å². The van der Waals surface area contributed by atoms with Gasteiger partial charge in [-0.15, -0.1) is 0 Å². The molecule has 0 aliphatic rings. The molecule has 1 aromatic heterocycles. The molecule has 24 heavy (non-hydrogen) atoms. The van der Waals surface area contributed by atoms with E-state index in [9.17, 15) is 9.59 Å². The summed E-state index contributed by atoms with van der Waals surface area (Å²) >= 11 is 6.20. The third kappa shape index (κ3) is 4.14. The molecule has 0 saturated heterocycles. The van der Waals surface area contributed by atoms with Gasteiger partial charge in [-0.2, -0.15) is 0 Å². The van der Waals surface area contributed by atoms with Crippen molar-refractivity contribution in [3.05, 3.63) is 56.8 Å². The standard InChI is InChI=1S/C16H18ClN3O4/c1-10-3-5-13(12(17)9-10)18-15-11(4-6-14(22)20(15)2)16(23)19-24-8-7-21/h3-6,9,18,21H,7-8H2,1-2H3,(H,19,23). The lowest BCUT2D eigenvalue weighted by Crippen LogP contribution is -2.29. The number of hydrogen-bond donors (Lipinski definition) is 3. The van der Waals surface area contributed by atoms with E-state index in [1.807, 2.05) is 13.0 Å². The van der Waals surface area contributed by atoms with Gasteiger partial charge in [-0.25, -0.2) is 5.48 Å². The van der Waals surface area contributed by atoms with Gasteiger partial charge in [-0.1, -0.05) is 17.7 Å². The zero-order valence-electron chi connectivity index (χ0n) is 13.3. The second kappa shape index (κ2) is 7.96. The van der Waals surface area contributed by atoms with Gasteiger partial charge in [0.05, 0.1) is 29.5 Å². The molecule has 1 aromatic carbocycles. The monoisotopic (exact) mass is 351 g/mol. The maximum absolute atomic E-state index is 12.2. The molecule has 0 aliphatic carbocycles. The zero-order chi connectivity index (χ0) is 17.7. The van der Waals surface area contributed by atoms with E-state index >= 15 is 0 Å². The Bertz CT molecular complexity index is 804. The molecule has 2 aromatic rings. The van der Waals surface area contributed by atoms with Crippen molar-refractivity contribution in [2.75, 3.05) is 18.5 Å². The lowest BCUT2D eigenvalue weighted by Gasteiger charge is -2.16. The number of amides is 1. The first-order chi connectivity index (χ1) is 11.4. The molecule has 3 N–H and O–H groups in total. The molecule has 7 nitrogen and oxygen atoms in total. The number of nitrogens with one attached hydrogen (secondary N) is 2. The van der Waals surface area contributed by atoms with E-state index in [0.717, 1.165) is 5.56 Å². The van der Waals surface area contributed by atoms with Crippen molar-refractivity contribution >= 4 is 29.0 Å². The highest BCUT2D eigenvalue weighted by molar-refractivity contribution is 6.33. The van der Waals surface area contributed by atoms with Crippen LogP contribution in [0.1, 0.15) is 15.9 Å². The third-order valence-corrected chi connectivity index (χ3v) is 3.61. The van der Waals surface area contributed by atoms with Gasteiger partial charge in [0.1, 0.15) is 5.82 Å². The molecule has 0 bridgehead atoms. The number of aromatic nitrogens is 1. The first-order valence-corrected chi connectivity index (χ1v) is 7.58. The van der Waals surface area contributed by atoms with E-state index in [1.54, 1.807) is 12.1 Å². The van der Waals surface area contributed by atoms with Crippen LogP contribution < -0.4 is 16.4 Å². The highest BCUT2D eigenvalue weighted by atomic mass is 35.5. The number of anilines is 2. The summed E-state index contributed by atoms with van der Waals surface area (Å²) < 4.78 is 1.30. The maximum atomic E-state index is 12.2. The second-order valence-electron chi connectivity index (χ2n) is 5.10. The van der Waals surface area contributed by atoms with Crippen molar-refractivity contribution in [2.24, 2.45) is 7.05 Å². The summed E-state index contributed by atoms with van der Waals surface area (Å²) in [6, 6.07) is 8.07. The topological polar surface area (TPSA) is 92.6 Å². The fraction of sp³-hybridized carbons (Fsp3) is 0.250. The number of nitrogens with zero attached hydrogens (tertiary/aromatic N) is 1. The molecule has 0 fully saturated rings. The number of carbonyl (C=O) groups is 1. The third-order valence-electron chi connectivity index (χ3n) is 3.29. The Balaban J connectivity index is 2.38. The lowest BCUT2D eigenvalue weighted by molar-refractivity contribution is 0.0168. The summed E-state index contributed by atoms with van der Waals surface area (Å²) in [5.74, 6) is -0.275. The van der Waals surface area contributed by atoms with Crippen LogP contribution in [0.5, 0.6) is 0 Å². The van der Waals surface area contributed by atoms with Gasteiger partial charge in [0, 0.05) is 13.1 Å². The number of benzene rings is 1. The normalized spacial score (nSPS) is 10.5. The van der Waals surface area contributed by atoms with Gasteiger partial charge in [0.25, 0.3) is 11.5 Å². The molecule has 0 unspecified atom stereocenters. The number of halogens is 1. The molecular weight excluding hydrogens is 334 g/mol. The minimum Gasteiger partial charge on any atom is -0.394 e. The van der Waals surface area contributed by atoms with Gasteiger partial charge in [-0.3, -0.25) is 19.0 Å². The minimum absolute atomic E-state index is 0.0376. The Labute approximate surface area is 143 Å². The second-order valence-corrected chi connectivity index (χ2v) is 5.51. The van der Waals surface area contributed by atoms with E-state index in [0.29, 0.717) is 10.7 Å². The van der Waals surface area contributed by atoms with Crippen LogP contribution in [0.25, 0.3) is 0 Å². The zero-order valence-corrected chi connectivity index (χ0v) is 14.1. The molecule has 0 aliphatic heterocycles. The van der Waals surface area contributed by atoms with E-state index in [-0.39, 0.29) is 30.2 Å². The van der Waals surface area contributed by atoms with Crippen molar-refractivity contribution < 1.29 is 14.7 Å². The summed E-state index contributed by atoms with van der Waals surface area (Å²) in [4.78, 5) is 28.9. The van der Waals surface area contributed by atoms with E-state index in [2.05, 4.69) is 10.8 Å². The van der Waals surface area contributed by atoms with Gasteiger partial charge in [-0.05, 0) is 30.7 Å². The molecule has 128 valence electrons. The average Bonchev–Trinajstić information content (AvgIpc) is 2.54. The fourth-order valence-electron chi connectivity index (χ4n) is 2.04. The number of rotatable bonds is 6. The Morgan fingerprint density at radius 3 is 2.75 bits per heavy atom. The summed E-state index contributed by atoms with van der Waals surface area (Å²) in [7, 11) is 1.54. The van der Waals surface area contributed by atoms with Gasteiger partial charge in [0.2, 0.25) is 0 Å². The highest BCUT2D eigenvalue weighted by Gasteiger charge is 2.16. The Morgan fingerprint density at radius 2 is 2.08 bits per heavy atom. The Morgan fingerprint density at radius 1 is 1.33 bits per heavy atom. The van der Waals surface area contributed by atoms with Crippen LogP contribution in [0.3, 0.4) is 0 Å². The lowest BCUT2D eigenvalue weighted by atomic mass is 10.2. The number of carbonyl (C=O) groups excluding carboxylic acids is 1. The van der Waals surface area contributed by atoms with Gasteiger partial charge in [0.15, 0.2) is 0 Å².